The van der Waals surface area contributed by atoms with Crippen molar-refractivity contribution >= 4 is 33.9 Å². The first-order valence-electron chi connectivity index (χ1n) is 5.59. The Morgan fingerprint density at radius 3 is 2.26 bits per heavy atom. The Bertz CT molecular complexity index is 555. The van der Waals surface area contributed by atoms with Gasteiger partial charge < -0.3 is 10.8 Å². The number of benzene rings is 1. The van der Waals surface area contributed by atoms with Gasteiger partial charge in [-0.05, 0) is 57.3 Å². The molecule has 1 heterocycles. The van der Waals surface area contributed by atoms with Crippen LogP contribution in [0.3, 0.4) is 0 Å². The van der Waals surface area contributed by atoms with Crippen molar-refractivity contribution in [3.05, 3.63) is 55.3 Å². The van der Waals surface area contributed by atoms with Crippen molar-refractivity contribution < 1.29 is 13.9 Å². The summed E-state index contributed by atoms with van der Waals surface area (Å²) in [6.45, 7) is 0.108. The first-order chi connectivity index (χ1) is 9.01. The van der Waals surface area contributed by atoms with E-state index in [9.17, 15) is 13.9 Å². The summed E-state index contributed by atoms with van der Waals surface area (Å²) in [6.07, 6.45) is -0.869. The molecule has 2 aromatic rings. The second-order valence-electron chi connectivity index (χ2n) is 4.17. The monoisotopic (exact) mass is 395 g/mol. The fourth-order valence-corrected chi connectivity index (χ4v) is 3.35. The van der Waals surface area contributed by atoms with Gasteiger partial charge in [0.05, 0.1) is 8.99 Å². The molecule has 0 fully saturated rings. The molecule has 2 rings (SSSR count). The molecule has 0 spiro atoms. The highest BCUT2D eigenvalue weighted by Crippen LogP contribution is 2.33. The Morgan fingerprint density at radius 1 is 1.16 bits per heavy atom. The van der Waals surface area contributed by atoms with Crippen molar-refractivity contribution in [3.63, 3.8) is 0 Å². The fourth-order valence-electron chi connectivity index (χ4n) is 1.95. The van der Waals surface area contributed by atoms with E-state index < -0.39 is 23.7 Å². The molecule has 19 heavy (non-hydrogen) atoms. The molecule has 0 aliphatic rings. The van der Waals surface area contributed by atoms with Crippen molar-refractivity contribution in [2.24, 2.45) is 5.73 Å². The van der Waals surface area contributed by atoms with Crippen LogP contribution in [0.2, 0.25) is 0 Å². The Kier molecular flexibility index (Phi) is 4.88. The van der Waals surface area contributed by atoms with E-state index in [1.165, 1.54) is 23.5 Å². The van der Waals surface area contributed by atoms with E-state index in [1.54, 1.807) is 0 Å². The first-order valence-corrected chi connectivity index (χ1v) is 7.55. The van der Waals surface area contributed by atoms with Crippen LogP contribution < -0.4 is 5.73 Å². The molecular formula is C13H12F2INOS. The van der Waals surface area contributed by atoms with Gasteiger partial charge in [0.1, 0.15) is 11.6 Å². The predicted octanol–water partition coefficient (Wildman–Crippen LogP) is 3.41. The van der Waals surface area contributed by atoms with E-state index in [2.05, 4.69) is 22.6 Å². The maximum Gasteiger partial charge on any atom is 0.126 e. The Balaban J connectivity index is 2.33. The van der Waals surface area contributed by atoms with Gasteiger partial charge in [0, 0.05) is 18.5 Å². The lowest BCUT2D eigenvalue weighted by atomic mass is 9.90. The number of nitrogens with two attached hydrogens (primary N) is 1. The maximum atomic E-state index is 13.2. The maximum absolute atomic E-state index is 13.2. The molecule has 0 saturated carbocycles. The Morgan fingerprint density at radius 2 is 1.79 bits per heavy atom. The quantitative estimate of drug-likeness (QED) is 0.780. The van der Waals surface area contributed by atoms with Gasteiger partial charge in [-0.15, -0.1) is 11.3 Å². The SMILES string of the molecule is NCC(c1cc(F)cc(F)c1)C(O)c1csc(I)c1. The molecule has 1 aromatic heterocycles. The van der Waals surface area contributed by atoms with E-state index in [0.717, 1.165) is 14.5 Å². The lowest BCUT2D eigenvalue weighted by Gasteiger charge is -2.21. The summed E-state index contributed by atoms with van der Waals surface area (Å²) in [6, 6.07) is 5.06. The van der Waals surface area contributed by atoms with E-state index in [0.29, 0.717) is 5.56 Å². The number of hydrogen-bond acceptors (Lipinski definition) is 3. The minimum absolute atomic E-state index is 0.108. The van der Waals surface area contributed by atoms with Crippen LogP contribution in [-0.4, -0.2) is 11.7 Å². The third-order valence-corrected chi connectivity index (χ3v) is 4.68. The second-order valence-corrected chi connectivity index (χ2v) is 6.98. The molecule has 2 atom stereocenters. The summed E-state index contributed by atoms with van der Waals surface area (Å²) < 4.78 is 27.5. The average molecular weight is 395 g/mol. The lowest BCUT2D eigenvalue weighted by molar-refractivity contribution is 0.147. The minimum Gasteiger partial charge on any atom is -0.388 e. The molecule has 6 heteroatoms. The predicted molar refractivity (Wildman–Crippen MR) is 80.1 cm³/mol. The molecule has 0 radical (unpaired) electrons. The summed E-state index contributed by atoms with van der Waals surface area (Å²) in [5.41, 5.74) is 6.73. The zero-order chi connectivity index (χ0) is 14.0. The molecule has 0 aliphatic heterocycles. The Labute approximate surface area is 127 Å². The van der Waals surface area contributed by atoms with Crippen LogP contribution in [0.25, 0.3) is 0 Å². The number of aliphatic hydroxyl groups excluding tert-OH is 1. The highest BCUT2D eigenvalue weighted by atomic mass is 127. The summed E-state index contributed by atoms with van der Waals surface area (Å²) >= 11 is 3.65. The van der Waals surface area contributed by atoms with Crippen molar-refractivity contribution in [3.8, 4) is 0 Å². The van der Waals surface area contributed by atoms with Crippen LogP contribution >= 0.6 is 33.9 Å². The van der Waals surface area contributed by atoms with Crippen LogP contribution in [0.15, 0.2) is 29.6 Å². The van der Waals surface area contributed by atoms with Crippen LogP contribution in [0.4, 0.5) is 8.78 Å². The third-order valence-electron chi connectivity index (χ3n) is 2.88. The summed E-state index contributed by atoms with van der Waals surface area (Å²) in [5.74, 6) is -1.86. The van der Waals surface area contributed by atoms with Crippen molar-refractivity contribution in [2.75, 3.05) is 6.54 Å². The molecule has 0 aliphatic carbocycles. The smallest absolute Gasteiger partial charge is 0.126 e. The van der Waals surface area contributed by atoms with E-state index in [4.69, 9.17) is 5.73 Å². The Hall–Kier alpha value is -0.570. The van der Waals surface area contributed by atoms with Gasteiger partial charge in [0.2, 0.25) is 0 Å². The number of halogens is 3. The normalized spacial score (nSPS) is 14.4. The highest BCUT2D eigenvalue weighted by Gasteiger charge is 2.23. The van der Waals surface area contributed by atoms with Crippen molar-refractivity contribution in [1.82, 2.24) is 0 Å². The van der Waals surface area contributed by atoms with E-state index >= 15 is 0 Å². The number of thiophene rings is 1. The van der Waals surface area contributed by atoms with E-state index in [-0.39, 0.29) is 6.54 Å². The zero-order valence-electron chi connectivity index (χ0n) is 9.82. The minimum atomic E-state index is -0.869. The molecular weight excluding hydrogens is 383 g/mol. The second kappa shape index (κ2) is 6.25. The summed E-state index contributed by atoms with van der Waals surface area (Å²) in [7, 11) is 0. The van der Waals surface area contributed by atoms with Crippen LogP contribution in [0.5, 0.6) is 0 Å². The largest absolute Gasteiger partial charge is 0.388 e. The van der Waals surface area contributed by atoms with Gasteiger partial charge in [-0.2, -0.15) is 0 Å². The topological polar surface area (TPSA) is 46.2 Å². The molecule has 2 nitrogen and oxygen atoms in total. The van der Waals surface area contributed by atoms with Gasteiger partial charge >= 0.3 is 0 Å². The standard InChI is InChI=1S/C13H12F2INOS/c14-9-1-7(2-10(15)4-9)11(5-17)13(18)8-3-12(16)19-6-8/h1-4,6,11,13,18H,5,17H2. The molecule has 1 aromatic carbocycles. The molecule has 102 valence electrons. The third kappa shape index (κ3) is 3.50. The molecule has 3 N–H and O–H groups in total. The van der Waals surface area contributed by atoms with Crippen LogP contribution in [0.1, 0.15) is 23.1 Å². The lowest BCUT2D eigenvalue weighted by Crippen LogP contribution is -2.20. The molecule has 0 bridgehead atoms. The molecule has 2 unspecified atom stereocenters. The van der Waals surface area contributed by atoms with Gasteiger partial charge in [-0.1, -0.05) is 0 Å². The van der Waals surface area contributed by atoms with Gasteiger partial charge in [0.25, 0.3) is 0 Å². The summed E-state index contributed by atoms with van der Waals surface area (Å²) in [5, 5.41) is 12.1. The molecule has 0 amide bonds. The number of hydrogen-bond donors (Lipinski definition) is 2. The fraction of sp³-hybridized carbons (Fsp3) is 0.231. The average Bonchev–Trinajstić information content (AvgIpc) is 2.75. The highest BCUT2D eigenvalue weighted by molar-refractivity contribution is 14.1. The van der Waals surface area contributed by atoms with Crippen LogP contribution in [-0.2, 0) is 0 Å². The zero-order valence-corrected chi connectivity index (χ0v) is 12.8. The first kappa shape index (κ1) is 14.8. The number of rotatable bonds is 4. The van der Waals surface area contributed by atoms with Gasteiger partial charge in [0.15, 0.2) is 0 Å². The van der Waals surface area contributed by atoms with E-state index in [1.807, 2.05) is 11.4 Å². The summed E-state index contributed by atoms with van der Waals surface area (Å²) in [4.78, 5) is 0. The van der Waals surface area contributed by atoms with Gasteiger partial charge in [-0.25, -0.2) is 8.78 Å². The van der Waals surface area contributed by atoms with Gasteiger partial charge in [-0.3, -0.25) is 0 Å². The van der Waals surface area contributed by atoms with Crippen LogP contribution in [0, 0.1) is 14.5 Å². The van der Waals surface area contributed by atoms with Crippen molar-refractivity contribution in [1.29, 1.82) is 0 Å². The molecule has 0 saturated heterocycles. The number of aliphatic hydroxyl groups is 1. The van der Waals surface area contributed by atoms with Crippen molar-refractivity contribution in [2.45, 2.75) is 12.0 Å².